The van der Waals surface area contributed by atoms with Crippen molar-refractivity contribution in [1.82, 2.24) is 0 Å². The monoisotopic (exact) mass is 206 g/mol. The van der Waals surface area contributed by atoms with E-state index in [9.17, 15) is 9.59 Å². The van der Waals surface area contributed by atoms with E-state index >= 15 is 0 Å². The van der Waals surface area contributed by atoms with Crippen LogP contribution in [-0.4, -0.2) is 27.3 Å². The number of hydrogen-bond acceptors (Lipinski definition) is 3. The maximum absolute atomic E-state index is 10.5. The Kier molecular flexibility index (Phi) is 4.62. The summed E-state index contributed by atoms with van der Waals surface area (Å²) >= 11 is 0. The van der Waals surface area contributed by atoms with Crippen LogP contribution >= 0.6 is 0 Å². The molecule has 0 bridgehead atoms. The minimum absolute atomic E-state index is 0. The first kappa shape index (κ1) is 13.0. The number of rotatable bonds is 2. The van der Waals surface area contributed by atoms with Crippen molar-refractivity contribution in [3.05, 3.63) is 29.3 Å². The molecule has 0 aliphatic rings. The summed E-state index contributed by atoms with van der Waals surface area (Å²) in [5.74, 6) is -3.39. The first-order valence-corrected chi connectivity index (χ1v) is 3.32. The molecule has 0 fully saturated rings. The molecular formula is C8H7NaO5. The molecule has 5 nitrogen and oxygen atoms in total. The van der Waals surface area contributed by atoms with Gasteiger partial charge in [0.25, 0.3) is 0 Å². The molecule has 0 saturated heterocycles. The summed E-state index contributed by atoms with van der Waals surface area (Å²) in [5.41, 5.74) is -1.01. The Morgan fingerprint density at radius 3 is 2.07 bits per heavy atom. The van der Waals surface area contributed by atoms with E-state index in [1.54, 1.807) is 0 Å². The molecule has 0 spiro atoms. The van der Waals surface area contributed by atoms with Crippen LogP contribution in [0.3, 0.4) is 0 Å². The van der Waals surface area contributed by atoms with Crippen LogP contribution in [0.4, 0.5) is 0 Å². The molecule has 0 aliphatic heterocycles. The molecule has 0 atom stereocenters. The second kappa shape index (κ2) is 4.99. The molecule has 0 heterocycles. The fourth-order valence-corrected chi connectivity index (χ4v) is 0.943. The Morgan fingerprint density at radius 1 is 1.14 bits per heavy atom. The van der Waals surface area contributed by atoms with Gasteiger partial charge in [0.15, 0.2) is 0 Å². The van der Waals surface area contributed by atoms with Gasteiger partial charge in [-0.15, -0.1) is 0 Å². The summed E-state index contributed by atoms with van der Waals surface area (Å²) in [6, 6.07) is 3.51. The summed E-state index contributed by atoms with van der Waals surface area (Å²) in [6.07, 6.45) is 0. The van der Waals surface area contributed by atoms with Gasteiger partial charge in [0.2, 0.25) is 0 Å². The van der Waals surface area contributed by atoms with E-state index in [4.69, 9.17) is 15.3 Å². The molecule has 3 N–H and O–H groups in total. The molecule has 14 heavy (non-hydrogen) atoms. The van der Waals surface area contributed by atoms with Gasteiger partial charge in [-0.05, 0) is 12.1 Å². The van der Waals surface area contributed by atoms with E-state index in [2.05, 4.69) is 0 Å². The number of hydrogen-bond donors (Lipinski definition) is 3. The van der Waals surface area contributed by atoms with E-state index in [0.29, 0.717) is 0 Å². The number of phenols is 1. The van der Waals surface area contributed by atoms with Gasteiger partial charge >= 0.3 is 41.5 Å². The van der Waals surface area contributed by atoms with Crippen molar-refractivity contribution in [1.29, 1.82) is 0 Å². The second-order valence-electron chi connectivity index (χ2n) is 2.31. The average molecular weight is 206 g/mol. The zero-order valence-electron chi connectivity index (χ0n) is 8.39. The zero-order valence-corrected chi connectivity index (χ0v) is 9.39. The second-order valence-corrected chi connectivity index (χ2v) is 2.31. The minimum Gasteiger partial charge on any atom is -1.00 e. The average Bonchev–Trinajstić information content (AvgIpc) is 2.02. The topological polar surface area (TPSA) is 94.8 Å². The van der Waals surface area contributed by atoms with Crippen LogP contribution in [0.2, 0.25) is 0 Å². The molecule has 0 saturated carbocycles. The van der Waals surface area contributed by atoms with E-state index in [0.717, 1.165) is 12.1 Å². The normalized spacial score (nSPS) is 8.86. The smallest absolute Gasteiger partial charge is 1.00 e. The van der Waals surface area contributed by atoms with Gasteiger partial charge in [-0.25, -0.2) is 9.59 Å². The SMILES string of the molecule is O=C(O)c1cccc(O)c1C(=O)O.[H-].[Na+]. The maximum Gasteiger partial charge on any atom is 1.00 e. The van der Waals surface area contributed by atoms with Gasteiger partial charge in [-0.3, -0.25) is 0 Å². The quantitative estimate of drug-likeness (QED) is 0.482. The van der Waals surface area contributed by atoms with Gasteiger partial charge in [0.1, 0.15) is 11.3 Å². The number of aromatic carboxylic acids is 2. The van der Waals surface area contributed by atoms with Crippen LogP contribution in [0, 0.1) is 0 Å². The van der Waals surface area contributed by atoms with Crippen molar-refractivity contribution in [2.24, 2.45) is 0 Å². The number of aromatic hydroxyl groups is 1. The first-order chi connectivity index (χ1) is 6.04. The molecule has 0 unspecified atom stereocenters. The van der Waals surface area contributed by atoms with Crippen molar-refractivity contribution < 1.29 is 55.9 Å². The summed E-state index contributed by atoms with van der Waals surface area (Å²) in [5, 5.41) is 26.2. The van der Waals surface area contributed by atoms with Crippen molar-refractivity contribution in [3.63, 3.8) is 0 Å². The molecule has 6 heteroatoms. The van der Waals surface area contributed by atoms with Gasteiger partial charge in [-0.2, -0.15) is 0 Å². The molecule has 1 rings (SSSR count). The third kappa shape index (κ3) is 2.47. The molecule has 0 aliphatic carbocycles. The summed E-state index contributed by atoms with van der Waals surface area (Å²) in [4.78, 5) is 21.0. The van der Waals surface area contributed by atoms with Crippen LogP contribution in [0.1, 0.15) is 22.1 Å². The van der Waals surface area contributed by atoms with Crippen LogP contribution in [-0.2, 0) is 0 Å². The Balaban J connectivity index is 0. The van der Waals surface area contributed by atoms with E-state index in [1.807, 2.05) is 0 Å². The predicted molar refractivity (Wildman–Crippen MR) is 43.1 cm³/mol. The minimum atomic E-state index is -1.46. The fourth-order valence-electron chi connectivity index (χ4n) is 0.943. The molecule has 0 radical (unpaired) electrons. The van der Waals surface area contributed by atoms with Gasteiger partial charge in [-0.1, -0.05) is 6.07 Å². The third-order valence-corrected chi connectivity index (χ3v) is 1.49. The van der Waals surface area contributed by atoms with E-state index < -0.39 is 28.8 Å². The third-order valence-electron chi connectivity index (χ3n) is 1.49. The summed E-state index contributed by atoms with van der Waals surface area (Å²) < 4.78 is 0. The molecule has 0 aromatic heterocycles. The number of carbonyl (C=O) groups is 2. The Labute approximate surface area is 103 Å². The van der Waals surface area contributed by atoms with E-state index in [1.165, 1.54) is 6.07 Å². The number of benzene rings is 1. The molecule has 1 aromatic carbocycles. The van der Waals surface area contributed by atoms with Crippen molar-refractivity contribution in [2.45, 2.75) is 0 Å². The largest absolute Gasteiger partial charge is 1.00 e. The van der Waals surface area contributed by atoms with E-state index in [-0.39, 0.29) is 31.0 Å². The Hall–Kier alpha value is -1.04. The Morgan fingerprint density at radius 2 is 1.71 bits per heavy atom. The predicted octanol–water partition coefficient (Wildman–Crippen LogP) is -2.09. The number of carboxylic acids is 2. The van der Waals surface area contributed by atoms with Crippen molar-refractivity contribution in [2.75, 3.05) is 0 Å². The summed E-state index contributed by atoms with van der Waals surface area (Å²) in [7, 11) is 0. The van der Waals surface area contributed by atoms with Crippen LogP contribution < -0.4 is 29.6 Å². The molecule has 0 amide bonds. The van der Waals surface area contributed by atoms with Crippen LogP contribution in [0.15, 0.2) is 18.2 Å². The fraction of sp³-hybridized carbons (Fsp3) is 0. The van der Waals surface area contributed by atoms with Gasteiger partial charge in [0, 0.05) is 0 Å². The molecular weight excluding hydrogens is 199 g/mol. The first-order valence-electron chi connectivity index (χ1n) is 3.32. The maximum atomic E-state index is 10.5. The van der Waals surface area contributed by atoms with Crippen LogP contribution in [0.25, 0.3) is 0 Å². The van der Waals surface area contributed by atoms with Crippen molar-refractivity contribution in [3.8, 4) is 5.75 Å². The molecule has 1 aromatic rings. The Bertz CT molecular complexity index is 379. The van der Waals surface area contributed by atoms with Crippen molar-refractivity contribution >= 4 is 11.9 Å². The van der Waals surface area contributed by atoms with Gasteiger partial charge < -0.3 is 16.7 Å². The van der Waals surface area contributed by atoms with Crippen LogP contribution in [0.5, 0.6) is 5.75 Å². The molecule has 70 valence electrons. The summed E-state index contributed by atoms with van der Waals surface area (Å²) in [6.45, 7) is 0. The zero-order chi connectivity index (χ0) is 10.0. The van der Waals surface area contributed by atoms with Gasteiger partial charge in [0.05, 0.1) is 5.56 Å². The standard InChI is InChI=1S/C8H6O5.Na.H/c9-5-3-1-2-4(7(10)11)6(5)8(12)13;;/h1-3,9H,(H,10,11)(H,12,13);;/q;+1;-1. The number of carboxylic acid groups (broad SMARTS) is 2.